The molecule has 2 rings (SSSR count). The van der Waals surface area contributed by atoms with Crippen molar-refractivity contribution in [3.8, 4) is 0 Å². The zero-order chi connectivity index (χ0) is 15.6. The largest absolute Gasteiger partial charge is 0.469 e. The van der Waals surface area contributed by atoms with Crippen LogP contribution in [0.5, 0.6) is 0 Å². The van der Waals surface area contributed by atoms with Gasteiger partial charge < -0.3 is 14.4 Å². The molecule has 0 aliphatic heterocycles. The number of hydrogen-bond acceptors (Lipinski definition) is 5. The molecule has 0 saturated heterocycles. The first-order valence-corrected chi connectivity index (χ1v) is 7.54. The summed E-state index contributed by atoms with van der Waals surface area (Å²) in [7, 11) is 6.62. The third-order valence-corrected chi connectivity index (χ3v) is 4.82. The van der Waals surface area contributed by atoms with E-state index in [2.05, 4.69) is 6.08 Å². The SMILES string of the molecule is COC(=O)[C@H]1[C@H](C(=O)OC)[C@H]2CCCCC2=C[C@H]1N(C)C. The third kappa shape index (κ3) is 2.98. The van der Waals surface area contributed by atoms with E-state index in [1.165, 1.54) is 19.8 Å². The average Bonchev–Trinajstić information content (AvgIpc) is 2.51. The second kappa shape index (κ2) is 6.60. The molecule has 0 amide bonds. The fourth-order valence-electron chi connectivity index (χ4n) is 3.81. The van der Waals surface area contributed by atoms with E-state index >= 15 is 0 Å². The Morgan fingerprint density at radius 3 is 2.29 bits per heavy atom. The zero-order valence-electron chi connectivity index (χ0n) is 13.3. The minimum atomic E-state index is -0.496. The van der Waals surface area contributed by atoms with Crippen molar-refractivity contribution in [1.82, 2.24) is 4.90 Å². The molecular formula is C16H25NO4. The van der Waals surface area contributed by atoms with Gasteiger partial charge in [0.2, 0.25) is 0 Å². The number of esters is 2. The molecule has 21 heavy (non-hydrogen) atoms. The molecule has 0 aromatic rings. The van der Waals surface area contributed by atoms with Crippen LogP contribution < -0.4 is 0 Å². The van der Waals surface area contributed by atoms with E-state index in [0.29, 0.717) is 0 Å². The van der Waals surface area contributed by atoms with Crippen LogP contribution in [0.15, 0.2) is 11.6 Å². The summed E-state index contributed by atoms with van der Waals surface area (Å²) >= 11 is 0. The lowest BCUT2D eigenvalue weighted by Crippen LogP contribution is -2.51. The molecule has 0 radical (unpaired) electrons. The molecule has 0 spiro atoms. The quantitative estimate of drug-likeness (QED) is 0.585. The molecule has 4 atom stereocenters. The van der Waals surface area contributed by atoms with Gasteiger partial charge in [0.25, 0.3) is 0 Å². The maximum atomic E-state index is 12.3. The van der Waals surface area contributed by atoms with Crippen LogP contribution in [0.3, 0.4) is 0 Å². The van der Waals surface area contributed by atoms with Crippen molar-refractivity contribution in [2.75, 3.05) is 28.3 Å². The monoisotopic (exact) mass is 295 g/mol. The maximum Gasteiger partial charge on any atom is 0.311 e. The molecule has 2 aliphatic carbocycles. The second-order valence-electron chi connectivity index (χ2n) is 6.15. The van der Waals surface area contributed by atoms with Crippen LogP contribution in [0.25, 0.3) is 0 Å². The minimum absolute atomic E-state index is 0.117. The summed E-state index contributed by atoms with van der Waals surface area (Å²) in [4.78, 5) is 26.6. The van der Waals surface area contributed by atoms with Crippen molar-refractivity contribution < 1.29 is 19.1 Å². The lowest BCUT2D eigenvalue weighted by atomic mass is 9.64. The summed E-state index contributed by atoms with van der Waals surface area (Å²) in [5.74, 6) is -1.44. The highest BCUT2D eigenvalue weighted by Crippen LogP contribution is 2.45. The van der Waals surface area contributed by atoms with Crippen molar-refractivity contribution in [2.24, 2.45) is 17.8 Å². The number of allylic oxidation sites excluding steroid dienone is 1. The Hall–Kier alpha value is -1.36. The Balaban J connectivity index is 2.46. The van der Waals surface area contributed by atoms with Gasteiger partial charge in [0.1, 0.15) is 0 Å². The van der Waals surface area contributed by atoms with Crippen molar-refractivity contribution in [1.29, 1.82) is 0 Å². The second-order valence-corrected chi connectivity index (χ2v) is 6.15. The van der Waals surface area contributed by atoms with Crippen LogP contribution in [0.4, 0.5) is 0 Å². The van der Waals surface area contributed by atoms with Gasteiger partial charge >= 0.3 is 11.9 Å². The van der Waals surface area contributed by atoms with Crippen LogP contribution in [0.2, 0.25) is 0 Å². The lowest BCUT2D eigenvalue weighted by molar-refractivity contribution is -0.162. The van der Waals surface area contributed by atoms with Crippen molar-refractivity contribution in [2.45, 2.75) is 31.7 Å². The summed E-state index contributed by atoms with van der Waals surface area (Å²) in [5, 5.41) is 0. The van der Waals surface area contributed by atoms with E-state index in [1.807, 2.05) is 19.0 Å². The Bertz CT molecular complexity index is 444. The number of methoxy groups -OCH3 is 2. The molecule has 2 aliphatic rings. The predicted molar refractivity (Wildman–Crippen MR) is 78.5 cm³/mol. The number of carbonyl (C=O) groups is 2. The van der Waals surface area contributed by atoms with Crippen molar-refractivity contribution in [3.63, 3.8) is 0 Å². The van der Waals surface area contributed by atoms with E-state index in [0.717, 1.165) is 25.7 Å². The van der Waals surface area contributed by atoms with Crippen molar-refractivity contribution >= 4 is 11.9 Å². The van der Waals surface area contributed by atoms with Gasteiger partial charge in [-0.25, -0.2) is 0 Å². The van der Waals surface area contributed by atoms with Gasteiger partial charge in [0, 0.05) is 6.04 Å². The summed E-state index contributed by atoms with van der Waals surface area (Å²) < 4.78 is 9.97. The van der Waals surface area contributed by atoms with Gasteiger partial charge in [-0.05, 0) is 39.3 Å². The fraction of sp³-hybridized carbons (Fsp3) is 0.750. The minimum Gasteiger partial charge on any atom is -0.469 e. The molecular weight excluding hydrogens is 270 g/mol. The number of hydrogen-bond donors (Lipinski definition) is 0. The highest BCUT2D eigenvalue weighted by Gasteiger charge is 2.49. The standard InChI is InChI=1S/C16H25NO4/c1-17(2)12-9-10-7-5-6-8-11(10)13(15(18)20-3)14(12)16(19)21-4/h9,11-14H,5-8H2,1-4H3/t11-,12+,13+,14+/m0/s1. The number of rotatable bonds is 3. The van der Waals surface area contributed by atoms with E-state index in [4.69, 9.17) is 9.47 Å². The van der Waals surface area contributed by atoms with Gasteiger partial charge in [-0.15, -0.1) is 0 Å². The number of ether oxygens (including phenoxy) is 2. The van der Waals surface area contributed by atoms with E-state index in [9.17, 15) is 9.59 Å². The molecule has 1 saturated carbocycles. The first kappa shape index (κ1) is 16.0. The van der Waals surface area contributed by atoms with E-state index in [-0.39, 0.29) is 23.9 Å². The highest BCUT2D eigenvalue weighted by atomic mass is 16.5. The normalized spacial score (nSPS) is 32.1. The van der Waals surface area contributed by atoms with Gasteiger partial charge in [-0.1, -0.05) is 18.1 Å². The summed E-state index contributed by atoms with van der Waals surface area (Å²) in [6.45, 7) is 0. The molecule has 0 heterocycles. The smallest absolute Gasteiger partial charge is 0.311 e. The molecule has 0 unspecified atom stereocenters. The number of carbonyl (C=O) groups excluding carboxylic acids is 2. The van der Waals surface area contributed by atoms with Gasteiger partial charge in [0.05, 0.1) is 26.1 Å². The summed E-state index contributed by atoms with van der Waals surface area (Å²) in [6, 6.07) is -0.120. The summed E-state index contributed by atoms with van der Waals surface area (Å²) in [5.41, 5.74) is 1.30. The first-order valence-electron chi connectivity index (χ1n) is 7.54. The fourth-order valence-corrected chi connectivity index (χ4v) is 3.81. The van der Waals surface area contributed by atoms with E-state index < -0.39 is 11.8 Å². The van der Waals surface area contributed by atoms with E-state index in [1.54, 1.807) is 0 Å². The molecule has 118 valence electrons. The predicted octanol–water partition coefficient (Wildman–Crippen LogP) is 1.63. The van der Waals surface area contributed by atoms with Crippen LogP contribution in [-0.2, 0) is 19.1 Å². The summed E-state index contributed by atoms with van der Waals surface area (Å²) in [6.07, 6.45) is 6.37. The molecule has 5 heteroatoms. The lowest BCUT2D eigenvalue weighted by Gasteiger charge is -2.43. The number of likely N-dealkylation sites (N-methyl/N-ethyl adjacent to an activating group) is 1. The Labute approximate surface area is 126 Å². The molecule has 1 fully saturated rings. The average molecular weight is 295 g/mol. The molecule has 0 N–H and O–H groups in total. The maximum absolute atomic E-state index is 12.3. The Morgan fingerprint density at radius 2 is 1.71 bits per heavy atom. The number of nitrogens with zero attached hydrogens (tertiary/aromatic N) is 1. The van der Waals surface area contributed by atoms with Crippen molar-refractivity contribution in [3.05, 3.63) is 11.6 Å². The topological polar surface area (TPSA) is 55.8 Å². The Kier molecular flexibility index (Phi) is 5.04. The Morgan fingerprint density at radius 1 is 1.10 bits per heavy atom. The van der Waals surface area contributed by atoms with Crippen LogP contribution in [0.1, 0.15) is 25.7 Å². The zero-order valence-corrected chi connectivity index (χ0v) is 13.3. The van der Waals surface area contributed by atoms with Crippen LogP contribution in [0, 0.1) is 17.8 Å². The molecule has 5 nitrogen and oxygen atoms in total. The molecule has 0 aromatic carbocycles. The highest BCUT2D eigenvalue weighted by molar-refractivity contribution is 5.84. The molecule has 0 aromatic heterocycles. The van der Waals surface area contributed by atoms with Gasteiger partial charge in [0.15, 0.2) is 0 Å². The first-order chi connectivity index (χ1) is 10.0. The van der Waals surface area contributed by atoms with Gasteiger partial charge in [-0.2, -0.15) is 0 Å². The van der Waals surface area contributed by atoms with Gasteiger partial charge in [-0.3, -0.25) is 9.59 Å². The third-order valence-electron chi connectivity index (χ3n) is 4.82. The molecule has 0 bridgehead atoms. The number of fused-ring (bicyclic) bond motifs is 1. The van der Waals surface area contributed by atoms with Crippen LogP contribution >= 0.6 is 0 Å². The van der Waals surface area contributed by atoms with Crippen LogP contribution in [-0.4, -0.2) is 51.2 Å².